The Morgan fingerprint density at radius 2 is 1.76 bits per heavy atom. The van der Waals surface area contributed by atoms with Crippen LogP contribution in [0.5, 0.6) is 0 Å². The second-order valence-electron chi connectivity index (χ2n) is 10.5. The van der Waals surface area contributed by atoms with Gasteiger partial charge in [-0.15, -0.1) is 0 Å². The third kappa shape index (κ3) is 6.19. The van der Waals surface area contributed by atoms with Crippen molar-refractivity contribution in [2.75, 3.05) is 42.9 Å². The zero-order valence-electron chi connectivity index (χ0n) is 23.7. The summed E-state index contributed by atoms with van der Waals surface area (Å²) in [4.78, 5) is 24.1. The van der Waals surface area contributed by atoms with Crippen LogP contribution in [0.4, 0.5) is 33.6 Å². The summed E-state index contributed by atoms with van der Waals surface area (Å²) in [5, 5.41) is 21.5. The normalized spacial score (nSPS) is 15.0. The van der Waals surface area contributed by atoms with E-state index in [0.29, 0.717) is 47.1 Å². The van der Waals surface area contributed by atoms with Crippen LogP contribution in [0.25, 0.3) is 28.2 Å². The van der Waals surface area contributed by atoms with E-state index in [0.717, 1.165) is 6.20 Å². The van der Waals surface area contributed by atoms with Gasteiger partial charge in [0.2, 0.25) is 0 Å². The number of anilines is 2. The number of benzene rings is 1. The Hall–Kier alpha value is -4.96. The number of fused-ring (bicyclic) bond motifs is 1. The van der Waals surface area contributed by atoms with E-state index >= 15 is 0 Å². The summed E-state index contributed by atoms with van der Waals surface area (Å²) in [6.07, 6.45) is -3.45. The first-order chi connectivity index (χ1) is 21.5. The van der Waals surface area contributed by atoms with Gasteiger partial charge in [-0.3, -0.25) is 19.4 Å². The number of nitrogens with one attached hydrogen (secondary N) is 1. The van der Waals surface area contributed by atoms with Crippen molar-refractivity contribution in [3.8, 4) is 22.5 Å². The van der Waals surface area contributed by atoms with Gasteiger partial charge in [0.05, 0.1) is 29.2 Å². The SMILES string of the molecule is Cn1nc(-c2ccc(F)cc2)c(-c2ccc3nc(NC(=O)c4ccncc4F)cn3n2)c1N1CCN(CC(O)C(F)(F)F)CC1. The number of amides is 1. The molecule has 1 unspecified atom stereocenters. The molecule has 1 atom stereocenters. The van der Waals surface area contributed by atoms with Gasteiger partial charge >= 0.3 is 6.18 Å². The van der Waals surface area contributed by atoms with Crippen molar-refractivity contribution in [2.24, 2.45) is 7.05 Å². The molecule has 0 saturated carbocycles. The van der Waals surface area contributed by atoms with Gasteiger partial charge in [-0.25, -0.2) is 18.3 Å². The van der Waals surface area contributed by atoms with Gasteiger partial charge in [-0.1, -0.05) is 0 Å². The number of aryl methyl sites for hydroxylation is 1. The van der Waals surface area contributed by atoms with Gasteiger partial charge in [0, 0.05) is 51.5 Å². The number of hydrogen-bond acceptors (Lipinski definition) is 8. The number of carbonyl (C=O) groups excluding carboxylic acids is 1. The molecule has 5 aromatic rings. The summed E-state index contributed by atoms with van der Waals surface area (Å²) >= 11 is 0. The van der Waals surface area contributed by atoms with Gasteiger partial charge in [0.15, 0.2) is 23.4 Å². The highest BCUT2D eigenvalue weighted by molar-refractivity contribution is 6.04. The van der Waals surface area contributed by atoms with E-state index < -0.39 is 36.4 Å². The summed E-state index contributed by atoms with van der Waals surface area (Å²) in [6, 6.07) is 10.4. The van der Waals surface area contributed by atoms with Gasteiger partial charge in [-0.05, 0) is 42.5 Å². The molecule has 0 aliphatic carbocycles. The van der Waals surface area contributed by atoms with Crippen molar-refractivity contribution in [2.45, 2.75) is 12.3 Å². The third-order valence-electron chi connectivity index (χ3n) is 7.45. The Labute approximate surface area is 252 Å². The lowest BCUT2D eigenvalue weighted by Gasteiger charge is -2.37. The molecule has 1 aliphatic heterocycles. The number of imidazole rings is 1. The summed E-state index contributed by atoms with van der Waals surface area (Å²) in [5.41, 5.74) is 2.34. The molecule has 1 fully saturated rings. The first kappa shape index (κ1) is 30.1. The number of piperazine rings is 1. The number of pyridine rings is 1. The summed E-state index contributed by atoms with van der Waals surface area (Å²) in [5.74, 6) is -1.16. The Morgan fingerprint density at radius 3 is 2.44 bits per heavy atom. The molecular formula is C29H26F5N9O2. The summed E-state index contributed by atoms with van der Waals surface area (Å²) < 4.78 is 69.7. The molecule has 2 N–H and O–H groups in total. The van der Waals surface area contributed by atoms with Crippen LogP contribution >= 0.6 is 0 Å². The van der Waals surface area contributed by atoms with Crippen LogP contribution in [-0.4, -0.2) is 90.3 Å². The van der Waals surface area contributed by atoms with E-state index in [2.05, 4.69) is 15.3 Å². The Balaban J connectivity index is 1.34. The standard InChI is InChI=1S/C29H26F5N9O2/c1-40-28(42-12-10-41(11-13-42)15-22(44)29(32,33)34)25(26(39-40)17-2-4-18(30)5-3-17)21-6-7-24-36-23(16-43(24)38-21)37-27(45)19-8-9-35-14-20(19)31/h2-9,14,16,22,44H,10-13,15H2,1H3,(H,37,45). The Morgan fingerprint density at radius 1 is 1.02 bits per heavy atom. The number of halogens is 5. The quantitative estimate of drug-likeness (QED) is 0.262. The van der Waals surface area contributed by atoms with E-state index in [4.69, 9.17) is 10.2 Å². The van der Waals surface area contributed by atoms with Crippen molar-refractivity contribution < 1.29 is 31.9 Å². The minimum absolute atomic E-state index is 0.128. The third-order valence-corrected chi connectivity index (χ3v) is 7.45. The lowest BCUT2D eigenvalue weighted by molar-refractivity contribution is -0.208. The molecule has 11 nitrogen and oxygen atoms in total. The Kier molecular flexibility index (Phi) is 7.92. The van der Waals surface area contributed by atoms with Gasteiger partial charge in [0.25, 0.3) is 5.91 Å². The number of aliphatic hydroxyl groups excluding tert-OH is 1. The topological polar surface area (TPSA) is 117 Å². The van der Waals surface area contributed by atoms with E-state index in [1.54, 1.807) is 40.9 Å². The predicted molar refractivity (Wildman–Crippen MR) is 153 cm³/mol. The number of alkyl halides is 3. The average molecular weight is 628 g/mol. The van der Waals surface area contributed by atoms with Crippen LogP contribution < -0.4 is 10.2 Å². The van der Waals surface area contributed by atoms with E-state index in [-0.39, 0.29) is 24.5 Å². The van der Waals surface area contributed by atoms with Crippen LogP contribution in [0.3, 0.4) is 0 Å². The molecule has 16 heteroatoms. The van der Waals surface area contributed by atoms with Crippen LogP contribution in [-0.2, 0) is 7.05 Å². The maximum Gasteiger partial charge on any atom is 0.415 e. The molecular weight excluding hydrogens is 601 g/mol. The predicted octanol–water partition coefficient (Wildman–Crippen LogP) is 3.77. The minimum Gasteiger partial charge on any atom is -0.382 e. The molecule has 1 aromatic carbocycles. The molecule has 4 aromatic heterocycles. The molecule has 0 bridgehead atoms. The number of nitrogens with zero attached hydrogens (tertiary/aromatic N) is 8. The van der Waals surface area contributed by atoms with Crippen LogP contribution in [0.15, 0.2) is 61.1 Å². The maximum absolute atomic E-state index is 14.1. The fourth-order valence-electron chi connectivity index (χ4n) is 5.23. The van der Waals surface area contributed by atoms with E-state index in [1.165, 1.54) is 35.1 Å². The van der Waals surface area contributed by atoms with E-state index in [9.17, 15) is 31.9 Å². The van der Waals surface area contributed by atoms with Crippen molar-refractivity contribution in [3.05, 3.63) is 78.3 Å². The molecule has 1 saturated heterocycles. The average Bonchev–Trinajstić information content (AvgIpc) is 3.57. The highest BCUT2D eigenvalue weighted by Crippen LogP contribution is 2.39. The fraction of sp³-hybridized carbons (Fsp3) is 0.276. The first-order valence-corrected chi connectivity index (χ1v) is 13.8. The first-order valence-electron chi connectivity index (χ1n) is 13.8. The van der Waals surface area contributed by atoms with Crippen LogP contribution in [0.1, 0.15) is 10.4 Å². The van der Waals surface area contributed by atoms with Crippen LogP contribution in [0.2, 0.25) is 0 Å². The monoisotopic (exact) mass is 627 g/mol. The number of β-amino-alcohol motifs (C(OH)–C–C–N with tert-alkyl or cyclic N) is 1. The highest BCUT2D eigenvalue weighted by Gasteiger charge is 2.39. The molecule has 6 rings (SSSR count). The summed E-state index contributed by atoms with van der Waals surface area (Å²) in [7, 11) is 1.73. The van der Waals surface area contributed by atoms with Gasteiger partial charge in [-0.2, -0.15) is 23.4 Å². The summed E-state index contributed by atoms with van der Waals surface area (Å²) in [6.45, 7) is 0.684. The number of aliphatic hydroxyl groups is 1. The zero-order valence-corrected chi connectivity index (χ0v) is 23.7. The molecule has 0 radical (unpaired) electrons. The molecule has 5 heterocycles. The number of aromatic nitrogens is 6. The minimum atomic E-state index is -4.70. The van der Waals surface area contributed by atoms with Gasteiger partial charge < -0.3 is 15.3 Å². The van der Waals surface area contributed by atoms with Crippen molar-refractivity contribution >= 4 is 23.2 Å². The van der Waals surface area contributed by atoms with Gasteiger partial charge in [0.1, 0.15) is 17.3 Å². The molecule has 234 valence electrons. The molecule has 1 aliphatic rings. The lowest BCUT2D eigenvalue weighted by Crippen LogP contribution is -2.51. The van der Waals surface area contributed by atoms with Crippen LogP contribution in [0, 0.1) is 11.6 Å². The molecule has 1 amide bonds. The largest absolute Gasteiger partial charge is 0.415 e. The molecule has 0 spiro atoms. The van der Waals surface area contributed by atoms with Crippen molar-refractivity contribution in [1.82, 2.24) is 34.3 Å². The fourth-order valence-corrected chi connectivity index (χ4v) is 5.23. The second-order valence-corrected chi connectivity index (χ2v) is 10.5. The number of carbonyl (C=O) groups is 1. The zero-order chi connectivity index (χ0) is 31.9. The van der Waals surface area contributed by atoms with Crippen molar-refractivity contribution in [1.29, 1.82) is 0 Å². The number of rotatable bonds is 7. The Bertz CT molecular complexity index is 1850. The smallest absolute Gasteiger partial charge is 0.382 e. The lowest BCUT2D eigenvalue weighted by atomic mass is 10.0. The van der Waals surface area contributed by atoms with E-state index in [1.807, 2.05) is 4.90 Å². The molecule has 45 heavy (non-hydrogen) atoms. The highest BCUT2D eigenvalue weighted by atomic mass is 19.4. The maximum atomic E-state index is 14.1. The second kappa shape index (κ2) is 11.9. The number of hydrogen-bond donors (Lipinski definition) is 2. The van der Waals surface area contributed by atoms with Crippen molar-refractivity contribution in [3.63, 3.8) is 0 Å².